The van der Waals surface area contributed by atoms with Crippen LogP contribution in [-0.2, 0) is 4.79 Å². The first kappa shape index (κ1) is 18.9. The van der Waals surface area contributed by atoms with Gasteiger partial charge < -0.3 is 20.7 Å². The summed E-state index contributed by atoms with van der Waals surface area (Å²) in [5, 5.41) is 8.66. The predicted octanol–water partition coefficient (Wildman–Crippen LogP) is 4.04. The highest BCUT2D eigenvalue weighted by Crippen LogP contribution is 2.19. The third-order valence-corrected chi connectivity index (χ3v) is 3.85. The number of ether oxygens (including phenoxy) is 1. The Kier molecular flexibility index (Phi) is 5.86. The van der Waals surface area contributed by atoms with E-state index in [0.29, 0.717) is 17.1 Å². The molecule has 7 heteroatoms. The van der Waals surface area contributed by atoms with E-state index in [-0.39, 0.29) is 11.8 Å². The first-order chi connectivity index (χ1) is 13.5. The van der Waals surface area contributed by atoms with Crippen molar-refractivity contribution >= 4 is 34.7 Å². The summed E-state index contributed by atoms with van der Waals surface area (Å²) in [6.07, 6.45) is 1.51. The van der Waals surface area contributed by atoms with E-state index in [1.54, 1.807) is 55.6 Å². The van der Waals surface area contributed by atoms with E-state index < -0.39 is 0 Å². The van der Waals surface area contributed by atoms with Gasteiger partial charge in [-0.25, -0.2) is 4.98 Å². The largest absolute Gasteiger partial charge is 0.497 e. The SMILES string of the molecule is COc1ccc(NC(=O)c2ccc(Nc3ccc(NC(C)=O)cc3)nc2)cc1. The maximum absolute atomic E-state index is 12.3. The number of rotatable bonds is 6. The van der Waals surface area contributed by atoms with Crippen LogP contribution in [0.4, 0.5) is 22.9 Å². The molecule has 3 rings (SSSR count). The molecule has 142 valence electrons. The quantitative estimate of drug-likeness (QED) is 0.604. The van der Waals surface area contributed by atoms with Crippen LogP contribution in [0.3, 0.4) is 0 Å². The zero-order chi connectivity index (χ0) is 19.9. The molecule has 3 N–H and O–H groups in total. The third-order valence-electron chi connectivity index (χ3n) is 3.85. The second-order valence-electron chi connectivity index (χ2n) is 6.00. The van der Waals surface area contributed by atoms with Crippen LogP contribution in [0.15, 0.2) is 66.9 Å². The number of hydrogen-bond acceptors (Lipinski definition) is 5. The van der Waals surface area contributed by atoms with Crippen molar-refractivity contribution in [3.8, 4) is 5.75 Å². The average Bonchev–Trinajstić information content (AvgIpc) is 2.70. The Bertz CT molecular complexity index is 952. The Hall–Kier alpha value is -3.87. The van der Waals surface area contributed by atoms with Crippen molar-refractivity contribution in [3.63, 3.8) is 0 Å². The lowest BCUT2D eigenvalue weighted by atomic mass is 10.2. The minimum Gasteiger partial charge on any atom is -0.497 e. The van der Waals surface area contributed by atoms with Crippen LogP contribution >= 0.6 is 0 Å². The standard InChI is InChI=1S/C21H20N4O3/c1-14(26)23-16-4-6-17(7-5-16)24-20-12-3-15(13-22-20)21(27)25-18-8-10-19(28-2)11-9-18/h3-13H,1-2H3,(H,22,24)(H,23,26)(H,25,27). The number of amides is 2. The molecule has 2 amide bonds. The molecular formula is C21H20N4O3. The molecule has 0 aliphatic rings. The number of anilines is 4. The second kappa shape index (κ2) is 8.68. The van der Waals surface area contributed by atoms with Crippen LogP contribution < -0.4 is 20.7 Å². The van der Waals surface area contributed by atoms with Crippen molar-refractivity contribution in [3.05, 3.63) is 72.4 Å². The summed E-state index contributed by atoms with van der Waals surface area (Å²) in [5.74, 6) is 0.961. The highest BCUT2D eigenvalue weighted by Gasteiger charge is 2.07. The van der Waals surface area contributed by atoms with Crippen molar-refractivity contribution < 1.29 is 14.3 Å². The maximum Gasteiger partial charge on any atom is 0.257 e. The first-order valence-electron chi connectivity index (χ1n) is 8.59. The molecule has 0 bridgehead atoms. The van der Waals surface area contributed by atoms with Crippen LogP contribution in [0.5, 0.6) is 5.75 Å². The third kappa shape index (κ3) is 5.07. The number of benzene rings is 2. The molecule has 0 unspecified atom stereocenters. The summed E-state index contributed by atoms with van der Waals surface area (Å²) in [6, 6.07) is 17.8. The molecule has 0 spiro atoms. The molecule has 0 saturated heterocycles. The van der Waals surface area contributed by atoms with Gasteiger partial charge >= 0.3 is 0 Å². The smallest absolute Gasteiger partial charge is 0.257 e. The molecular weight excluding hydrogens is 356 g/mol. The highest BCUT2D eigenvalue weighted by molar-refractivity contribution is 6.04. The molecule has 2 aromatic carbocycles. The summed E-state index contributed by atoms with van der Waals surface area (Å²) in [6.45, 7) is 1.46. The monoisotopic (exact) mass is 376 g/mol. The molecule has 1 aromatic heterocycles. The van der Waals surface area contributed by atoms with Gasteiger partial charge in [-0.3, -0.25) is 9.59 Å². The van der Waals surface area contributed by atoms with Gasteiger partial charge in [0.2, 0.25) is 5.91 Å². The Labute approximate surface area is 162 Å². The zero-order valence-corrected chi connectivity index (χ0v) is 15.5. The Morgan fingerprint density at radius 3 is 2.00 bits per heavy atom. The van der Waals surface area contributed by atoms with Gasteiger partial charge in [-0.15, -0.1) is 0 Å². The van der Waals surface area contributed by atoms with Crippen molar-refractivity contribution in [1.82, 2.24) is 4.98 Å². The molecule has 7 nitrogen and oxygen atoms in total. The molecule has 0 atom stereocenters. The van der Waals surface area contributed by atoms with Crippen molar-refractivity contribution in [2.75, 3.05) is 23.1 Å². The summed E-state index contributed by atoms with van der Waals surface area (Å²) >= 11 is 0. The average molecular weight is 376 g/mol. The predicted molar refractivity (Wildman–Crippen MR) is 109 cm³/mol. The van der Waals surface area contributed by atoms with Gasteiger partial charge in [0.05, 0.1) is 12.7 Å². The molecule has 3 aromatic rings. The molecule has 0 fully saturated rings. The van der Waals surface area contributed by atoms with E-state index in [2.05, 4.69) is 20.9 Å². The van der Waals surface area contributed by atoms with Crippen LogP contribution in [0, 0.1) is 0 Å². The molecule has 0 aliphatic carbocycles. The molecule has 0 saturated carbocycles. The van der Waals surface area contributed by atoms with E-state index in [0.717, 1.165) is 17.1 Å². The fourth-order valence-electron chi connectivity index (χ4n) is 2.47. The maximum atomic E-state index is 12.3. The van der Waals surface area contributed by atoms with Gasteiger partial charge in [-0.2, -0.15) is 0 Å². The van der Waals surface area contributed by atoms with Crippen LogP contribution in [-0.4, -0.2) is 23.9 Å². The Morgan fingerprint density at radius 1 is 0.821 bits per heavy atom. The molecule has 0 aliphatic heterocycles. The zero-order valence-electron chi connectivity index (χ0n) is 15.5. The normalized spacial score (nSPS) is 10.1. The molecule has 28 heavy (non-hydrogen) atoms. The summed E-state index contributed by atoms with van der Waals surface area (Å²) in [4.78, 5) is 27.6. The molecule has 0 radical (unpaired) electrons. The minimum absolute atomic E-state index is 0.120. The Morgan fingerprint density at radius 2 is 1.43 bits per heavy atom. The van der Waals surface area contributed by atoms with E-state index in [4.69, 9.17) is 4.74 Å². The van der Waals surface area contributed by atoms with Crippen LogP contribution in [0.2, 0.25) is 0 Å². The van der Waals surface area contributed by atoms with E-state index in [1.165, 1.54) is 13.1 Å². The summed E-state index contributed by atoms with van der Waals surface area (Å²) in [5.41, 5.74) is 2.66. The van der Waals surface area contributed by atoms with Gasteiger partial charge in [-0.1, -0.05) is 0 Å². The van der Waals surface area contributed by atoms with E-state index in [1.807, 2.05) is 12.1 Å². The number of hydrogen-bond donors (Lipinski definition) is 3. The van der Waals surface area contributed by atoms with Gasteiger partial charge in [0.1, 0.15) is 11.6 Å². The van der Waals surface area contributed by atoms with Gasteiger partial charge in [-0.05, 0) is 60.7 Å². The van der Waals surface area contributed by atoms with Gasteiger partial charge in [0, 0.05) is 30.2 Å². The summed E-state index contributed by atoms with van der Waals surface area (Å²) in [7, 11) is 1.59. The lowest BCUT2D eigenvalue weighted by Crippen LogP contribution is -2.12. The summed E-state index contributed by atoms with van der Waals surface area (Å²) < 4.78 is 5.10. The van der Waals surface area contributed by atoms with Crippen molar-refractivity contribution in [2.24, 2.45) is 0 Å². The minimum atomic E-state index is -0.246. The first-order valence-corrected chi connectivity index (χ1v) is 8.59. The number of pyridine rings is 1. The van der Waals surface area contributed by atoms with Gasteiger partial charge in [0.15, 0.2) is 0 Å². The second-order valence-corrected chi connectivity index (χ2v) is 6.00. The highest BCUT2D eigenvalue weighted by atomic mass is 16.5. The fraction of sp³-hybridized carbons (Fsp3) is 0.0952. The van der Waals surface area contributed by atoms with Crippen LogP contribution in [0.1, 0.15) is 17.3 Å². The Balaban J connectivity index is 1.60. The lowest BCUT2D eigenvalue weighted by Gasteiger charge is -2.09. The van der Waals surface area contributed by atoms with Crippen molar-refractivity contribution in [2.45, 2.75) is 6.92 Å². The van der Waals surface area contributed by atoms with Crippen molar-refractivity contribution in [1.29, 1.82) is 0 Å². The van der Waals surface area contributed by atoms with Gasteiger partial charge in [0.25, 0.3) is 5.91 Å². The number of nitrogens with one attached hydrogen (secondary N) is 3. The molecule has 1 heterocycles. The fourth-order valence-corrected chi connectivity index (χ4v) is 2.47. The number of carbonyl (C=O) groups excluding carboxylic acids is 2. The van der Waals surface area contributed by atoms with E-state index >= 15 is 0 Å². The number of nitrogens with zero attached hydrogens (tertiary/aromatic N) is 1. The topological polar surface area (TPSA) is 92.4 Å². The number of carbonyl (C=O) groups is 2. The van der Waals surface area contributed by atoms with E-state index in [9.17, 15) is 9.59 Å². The number of aromatic nitrogens is 1. The van der Waals surface area contributed by atoms with Crippen LogP contribution in [0.25, 0.3) is 0 Å². The lowest BCUT2D eigenvalue weighted by molar-refractivity contribution is -0.114. The number of methoxy groups -OCH3 is 1.